The van der Waals surface area contributed by atoms with Gasteiger partial charge in [-0.15, -0.1) is 11.3 Å². The minimum atomic E-state index is -0.350. The smallest absolute Gasteiger partial charge is 0.236 e. The zero-order chi connectivity index (χ0) is 12.0. The molecule has 0 atom stereocenters. The lowest BCUT2D eigenvalue weighted by molar-refractivity contribution is -0.116. The first-order valence-corrected chi connectivity index (χ1v) is 6.07. The molecule has 4 nitrogen and oxygen atoms in total. The van der Waals surface area contributed by atoms with Crippen LogP contribution in [0.4, 0.5) is 5.00 Å². The van der Waals surface area contributed by atoms with E-state index < -0.39 is 0 Å². The van der Waals surface area contributed by atoms with Gasteiger partial charge in [0.05, 0.1) is 16.4 Å². The van der Waals surface area contributed by atoms with E-state index >= 15 is 0 Å². The highest BCUT2D eigenvalue weighted by atomic mass is 32.1. The van der Waals surface area contributed by atoms with E-state index in [2.05, 4.69) is 6.92 Å². The van der Waals surface area contributed by atoms with E-state index in [4.69, 9.17) is 5.73 Å². The highest BCUT2D eigenvalue weighted by Crippen LogP contribution is 2.25. The van der Waals surface area contributed by atoms with Gasteiger partial charge in [-0.2, -0.15) is 0 Å². The van der Waals surface area contributed by atoms with E-state index in [-0.39, 0.29) is 12.5 Å². The summed E-state index contributed by atoms with van der Waals surface area (Å²) in [5.74, 6) is -0.350. The monoisotopic (exact) mass is 240 g/mol. The van der Waals surface area contributed by atoms with Crippen molar-refractivity contribution >= 4 is 28.5 Å². The van der Waals surface area contributed by atoms with Gasteiger partial charge in [0.2, 0.25) is 5.91 Å². The number of primary amides is 1. The number of aldehydes is 1. The first-order valence-electron chi connectivity index (χ1n) is 5.25. The molecule has 88 valence electrons. The minimum absolute atomic E-state index is 0.207. The summed E-state index contributed by atoms with van der Waals surface area (Å²) in [5, 5.41) is 0.925. The first kappa shape index (κ1) is 12.7. The third-order valence-corrected chi connectivity index (χ3v) is 3.24. The molecule has 0 aromatic carbocycles. The lowest BCUT2D eigenvalue weighted by Gasteiger charge is -2.20. The van der Waals surface area contributed by atoms with Crippen molar-refractivity contribution in [2.75, 3.05) is 18.0 Å². The van der Waals surface area contributed by atoms with E-state index in [1.807, 2.05) is 11.0 Å². The molecule has 1 aromatic heterocycles. The molecule has 1 heterocycles. The van der Waals surface area contributed by atoms with Gasteiger partial charge in [0.25, 0.3) is 0 Å². The van der Waals surface area contributed by atoms with E-state index in [9.17, 15) is 9.59 Å². The highest BCUT2D eigenvalue weighted by molar-refractivity contribution is 7.17. The molecular formula is C11H16N2O2S. The number of amides is 1. The van der Waals surface area contributed by atoms with Gasteiger partial charge in [-0.3, -0.25) is 9.59 Å². The lowest BCUT2D eigenvalue weighted by Crippen LogP contribution is -2.33. The zero-order valence-corrected chi connectivity index (χ0v) is 10.1. The second kappa shape index (κ2) is 6.27. The summed E-state index contributed by atoms with van der Waals surface area (Å²) in [5.41, 5.74) is 5.20. The number of nitrogens with two attached hydrogens (primary N) is 1. The molecule has 1 amide bonds. The summed E-state index contributed by atoms with van der Waals surface area (Å²) in [7, 11) is 0. The van der Waals surface area contributed by atoms with Crippen LogP contribution in [0.2, 0.25) is 0 Å². The van der Waals surface area contributed by atoms with E-state index in [1.165, 1.54) is 11.3 Å². The fourth-order valence-corrected chi connectivity index (χ4v) is 2.23. The summed E-state index contributed by atoms with van der Waals surface area (Å²) >= 11 is 1.38. The maximum atomic E-state index is 10.9. The Bertz CT molecular complexity index is 363. The lowest BCUT2D eigenvalue weighted by atomic mass is 10.3. The van der Waals surface area contributed by atoms with Crippen LogP contribution in [-0.4, -0.2) is 25.3 Å². The topological polar surface area (TPSA) is 63.4 Å². The molecule has 0 saturated heterocycles. The predicted molar refractivity (Wildman–Crippen MR) is 66.0 cm³/mol. The van der Waals surface area contributed by atoms with Crippen molar-refractivity contribution in [1.29, 1.82) is 0 Å². The van der Waals surface area contributed by atoms with Gasteiger partial charge >= 0.3 is 0 Å². The van der Waals surface area contributed by atoms with Crippen LogP contribution >= 0.6 is 11.3 Å². The molecule has 0 aliphatic rings. The Labute approximate surface area is 99.0 Å². The molecule has 5 heteroatoms. The zero-order valence-electron chi connectivity index (χ0n) is 9.31. The van der Waals surface area contributed by atoms with Crippen molar-refractivity contribution < 1.29 is 9.59 Å². The Morgan fingerprint density at radius 2 is 2.31 bits per heavy atom. The Kier molecular flexibility index (Phi) is 4.98. The fraction of sp³-hybridized carbons (Fsp3) is 0.455. The molecule has 0 aliphatic heterocycles. The van der Waals surface area contributed by atoms with E-state index in [1.54, 1.807) is 6.07 Å². The number of anilines is 1. The summed E-state index contributed by atoms with van der Waals surface area (Å²) in [4.78, 5) is 24.1. The van der Waals surface area contributed by atoms with Crippen LogP contribution in [-0.2, 0) is 4.79 Å². The van der Waals surface area contributed by atoms with Crippen LogP contribution in [0.5, 0.6) is 0 Å². The normalized spacial score (nSPS) is 10.1. The second-order valence-electron chi connectivity index (χ2n) is 3.54. The molecule has 0 unspecified atom stereocenters. The third-order valence-electron chi connectivity index (χ3n) is 2.17. The number of thiophene rings is 1. The van der Waals surface area contributed by atoms with Crippen LogP contribution in [0.1, 0.15) is 29.4 Å². The predicted octanol–water partition coefficient (Wildman–Crippen LogP) is 1.65. The van der Waals surface area contributed by atoms with Crippen molar-refractivity contribution in [3.63, 3.8) is 0 Å². The number of hydrogen-bond acceptors (Lipinski definition) is 4. The average Bonchev–Trinajstić information content (AvgIpc) is 2.72. The molecule has 0 aliphatic carbocycles. The number of rotatable bonds is 7. The molecule has 2 N–H and O–H groups in total. The highest BCUT2D eigenvalue weighted by Gasteiger charge is 2.11. The number of unbranched alkanes of at least 4 members (excludes halogenated alkanes) is 1. The van der Waals surface area contributed by atoms with Crippen molar-refractivity contribution in [3.8, 4) is 0 Å². The molecule has 16 heavy (non-hydrogen) atoms. The Balaban J connectivity index is 2.73. The average molecular weight is 240 g/mol. The van der Waals surface area contributed by atoms with E-state index in [0.29, 0.717) is 4.88 Å². The largest absolute Gasteiger partial charge is 0.368 e. The van der Waals surface area contributed by atoms with Gasteiger partial charge in [-0.05, 0) is 18.6 Å². The van der Waals surface area contributed by atoms with Crippen LogP contribution in [0.3, 0.4) is 0 Å². The quantitative estimate of drug-likeness (QED) is 0.737. The first-order chi connectivity index (χ1) is 7.67. The summed E-state index contributed by atoms with van der Waals surface area (Å²) in [6.07, 6.45) is 2.87. The molecule has 1 rings (SSSR count). The van der Waals surface area contributed by atoms with Gasteiger partial charge in [0.1, 0.15) is 0 Å². The molecular weight excluding hydrogens is 224 g/mol. The molecule has 0 fully saturated rings. The van der Waals surface area contributed by atoms with Gasteiger partial charge in [0.15, 0.2) is 6.29 Å². The Hall–Kier alpha value is -1.36. The minimum Gasteiger partial charge on any atom is -0.368 e. The molecule has 0 saturated carbocycles. The summed E-state index contributed by atoms with van der Waals surface area (Å²) in [6, 6.07) is 3.61. The maximum Gasteiger partial charge on any atom is 0.236 e. The molecule has 0 radical (unpaired) electrons. The van der Waals surface area contributed by atoms with Crippen LogP contribution in [0.15, 0.2) is 12.1 Å². The van der Waals surface area contributed by atoms with Crippen LogP contribution in [0.25, 0.3) is 0 Å². The molecule has 1 aromatic rings. The maximum absolute atomic E-state index is 10.9. The van der Waals surface area contributed by atoms with Crippen LogP contribution < -0.4 is 10.6 Å². The fourth-order valence-electron chi connectivity index (χ4n) is 1.38. The van der Waals surface area contributed by atoms with E-state index in [0.717, 1.165) is 30.7 Å². The van der Waals surface area contributed by atoms with Crippen molar-refractivity contribution in [2.45, 2.75) is 19.8 Å². The van der Waals surface area contributed by atoms with Crippen LogP contribution in [0, 0.1) is 0 Å². The van der Waals surface area contributed by atoms with Crippen molar-refractivity contribution in [2.24, 2.45) is 5.73 Å². The standard InChI is InChI=1S/C11H16N2O2S/c1-2-3-6-13(7-10(12)15)11-5-4-9(8-14)16-11/h4-5,8H,2-3,6-7H2,1H3,(H2,12,15). The van der Waals surface area contributed by atoms with Crippen molar-refractivity contribution in [1.82, 2.24) is 0 Å². The summed E-state index contributed by atoms with van der Waals surface area (Å²) < 4.78 is 0. The number of hydrogen-bond donors (Lipinski definition) is 1. The van der Waals surface area contributed by atoms with Gasteiger partial charge < -0.3 is 10.6 Å². The van der Waals surface area contributed by atoms with Crippen molar-refractivity contribution in [3.05, 3.63) is 17.0 Å². The van der Waals surface area contributed by atoms with Gasteiger partial charge in [0, 0.05) is 6.54 Å². The Morgan fingerprint density at radius 3 is 2.81 bits per heavy atom. The molecule has 0 spiro atoms. The Morgan fingerprint density at radius 1 is 1.56 bits per heavy atom. The number of carbonyl (C=O) groups is 2. The SMILES string of the molecule is CCCCN(CC(N)=O)c1ccc(C=O)s1. The van der Waals surface area contributed by atoms with Gasteiger partial charge in [-0.1, -0.05) is 13.3 Å². The summed E-state index contributed by atoms with van der Waals surface area (Å²) in [6.45, 7) is 3.09. The number of carbonyl (C=O) groups excluding carboxylic acids is 2. The third kappa shape index (κ3) is 3.66. The van der Waals surface area contributed by atoms with Gasteiger partial charge in [-0.25, -0.2) is 0 Å². The second-order valence-corrected chi connectivity index (χ2v) is 4.63. The molecule has 0 bridgehead atoms. The number of nitrogens with zero attached hydrogens (tertiary/aromatic N) is 1.